The van der Waals surface area contributed by atoms with Crippen LogP contribution in [0, 0.1) is 0 Å². The van der Waals surface area contributed by atoms with Gasteiger partial charge >= 0.3 is 0 Å². The van der Waals surface area contributed by atoms with Crippen LogP contribution in [-0.4, -0.2) is 43.8 Å². The molecule has 2 unspecified atom stereocenters. The first-order chi connectivity index (χ1) is 7.58. The molecular formula is C11H22O4S. The molecule has 1 N–H and O–H groups in total. The zero-order valence-electron chi connectivity index (χ0n) is 9.89. The van der Waals surface area contributed by atoms with E-state index in [1.165, 1.54) is 0 Å². The smallest absolute Gasteiger partial charge is 0.155 e. The average Bonchev–Trinajstić information content (AvgIpc) is 2.65. The lowest BCUT2D eigenvalue weighted by molar-refractivity contribution is 0.126. The lowest BCUT2D eigenvalue weighted by atomic mass is 10.2. The van der Waals surface area contributed by atoms with E-state index in [0.29, 0.717) is 19.4 Å². The van der Waals surface area contributed by atoms with Gasteiger partial charge in [0.15, 0.2) is 9.84 Å². The summed E-state index contributed by atoms with van der Waals surface area (Å²) in [6.07, 6.45) is 3.74. The molecule has 0 aromatic heterocycles. The summed E-state index contributed by atoms with van der Waals surface area (Å²) < 4.78 is 29.2. The highest BCUT2D eigenvalue weighted by molar-refractivity contribution is 7.92. The van der Waals surface area contributed by atoms with Crippen molar-refractivity contribution in [2.24, 2.45) is 0 Å². The molecule has 0 bridgehead atoms. The monoisotopic (exact) mass is 250 g/mol. The number of hydrogen-bond donors (Lipinski definition) is 1. The van der Waals surface area contributed by atoms with Crippen LogP contribution in [0.4, 0.5) is 0 Å². The predicted octanol–water partition coefficient (Wildman–Crippen LogP) is 1.13. The number of unbranched alkanes of at least 4 members (excludes halogenated alkanes) is 3. The number of rotatable bonds is 7. The lowest BCUT2D eigenvalue weighted by Gasteiger charge is -2.14. The minimum Gasteiger partial charge on any atom is -0.396 e. The first-order valence-electron chi connectivity index (χ1n) is 6.02. The fourth-order valence-corrected chi connectivity index (χ4v) is 4.13. The topological polar surface area (TPSA) is 63.6 Å². The Balaban J connectivity index is 2.29. The van der Waals surface area contributed by atoms with Gasteiger partial charge in [0.25, 0.3) is 0 Å². The van der Waals surface area contributed by atoms with Crippen molar-refractivity contribution in [1.29, 1.82) is 0 Å². The maximum absolute atomic E-state index is 11.9. The fraction of sp³-hybridized carbons (Fsp3) is 1.00. The number of sulfone groups is 1. The van der Waals surface area contributed by atoms with E-state index < -0.39 is 9.84 Å². The number of hydrogen-bond acceptors (Lipinski definition) is 4. The Hall–Kier alpha value is -0.130. The average molecular weight is 250 g/mol. The minimum atomic E-state index is -2.98. The molecule has 1 saturated heterocycles. The van der Waals surface area contributed by atoms with E-state index in [4.69, 9.17) is 9.84 Å². The van der Waals surface area contributed by atoms with Gasteiger partial charge in [0.2, 0.25) is 0 Å². The Kier molecular flexibility index (Phi) is 5.72. The van der Waals surface area contributed by atoms with Crippen LogP contribution in [0.2, 0.25) is 0 Å². The number of ether oxygens (including phenoxy) is 1. The molecule has 0 aromatic rings. The van der Waals surface area contributed by atoms with Gasteiger partial charge in [-0.25, -0.2) is 8.42 Å². The second-order valence-electron chi connectivity index (χ2n) is 4.41. The SMILES string of the molecule is CC1OCCC1S(=O)(=O)CCCCCCO. The minimum absolute atomic E-state index is 0.151. The molecule has 1 aliphatic rings. The second-order valence-corrected chi connectivity index (χ2v) is 6.75. The highest BCUT2D eigenvalue weighted by Gasteiger charge is 2.34. The Morgan fingerprint density at radius 1 is 1.25 bits per heavy atom. The Morgan fingerprint density at radius 2 is 1.94 bits per heavy atom. The molecule has 1 aliphatic heterocycles. The summed E-state index contributed by atoms with van der Waals surface area (Å²) in [5.74, 6) is 0.261. The third-order valence-electron chi connectivity index (χ3n) is 3.10. The molecule has 96 valence electrons. The fourth-order valence-electron chi connectivity index (χ4n) is 2.10. The molecule has 4 nitrogen and oxygen atoms in total. The first-order valence-corrected chi connectivity index (χ1v) is 7.73. The summed E-state index contributed by atoms with van der Waals surface area (Å²) in [6.45, 7) is 2.59. The van der Waals surface area contributed by atoms with E-state index in [1.807, 2.05) is 6.92 Å². The summed E-state index contributed by atoms with van der Waals surface area (Å²) in [7, 11) is -2.98. The molecule has 2 atom stereocenters. The molecule has 1 fully saturated rings. The molecular weight excluding hydrogens is 228 g/mol. The largest absolute Gasteiger partial charge is 0.396 e. The van der Waals surface area contributed by atoms with Crippen molar-refractivity contribution in [2.45, 2.75) is 50.4 Å². The van der Waals surface area contributed by atoms with Crippen molar-refractivity contribution < 1.29 is 18.3 Å². The van der Waals surface area contributed by atoms with Crippen LogP contribution >= 0.6 is 0 Å². The van der Waals surface area contributed by atoms with Gasteiger partial charge < -0.3 is 9.84 Å². The van der Waals surface area contributed by atoms with Gasteiger partial charge in [0.1, 0.15) is 0 Å². The van der Waals surface area contributed by atoms with Crippen LogP contribution < -0.4 is 0 Å². The summed E-state index contributed by atoms with van der Waals surface area (Å²) in [5, 5.41) is 8.30. The molecule has 1 heterocycles. The van der Waals surface area contributed by atoms with Crippen LogP contribution in [0.5, 0.6) is 0 Å². The van der Waals surface area contributed by atoms with Crippen LogP contribution in [-0.2, 0) is 14.6 Å². The Bertz CT molecular complexity index is 286. The highest BCUT2D eigenvalue weighted by atomic mass is 32.2. The van der Waals surface area contributed by atoms with Crippen LogP contribution in [0.25, 0.3) is 0 Å². The first kappa shape index (κ1) is 13.9. The van der Waals surface area contributed by atoms with E-state index in [-0.39, 0.29) is 23.7 Å². The molecule has 16 heavy (non-hydrogen) atoms. The third-order valence-corrected chi connectivity index (χ3v) is 5.50. The van der Waals surface area contributed by atoms with Gasteiger partial charge in [-0.2, -0.15) is 0 Å². The quantitative estimate of drug-likeness (QED) is 0.688. The van der Waals surface area contributed by atoms with Crippen molar-refractivity contribution in [3.63, 3.8) is 0 Å². The summed E-state index contributed by atoms with van der Waals surface area (Å²) in [4.78, 5) is 0. The molecule has 0 saturated carbocycles. The van der Waals surface area contributed by atoms with Gasteiger partial charge in [-0.05, 0) is 26.2 Å². The van der Waals surface area contributed by atoms with E-state index in [1.54, 1.807) is 0 Å². The molecule has 0 aromatic carbocycles. The molecule has 5 heteroatoms. The normalized spacial score (nSPS) is 26.1. The lowest BCUT2D eigenvalue weighted by Crippen LogP contribution is -2.30. The molecule has 1 rings (SSSR count). The van der Waals surface area contributed by atoms with E-state index in [0.717, 1.165) is 19.3 Å². The van der Waals surface area contributed by atoms with Gasteiger partial charge in [0, 0.05) is 13.2 Å². The molecule has 0 radical (unpaired) electrons. The number of aliphatic hydroxyl groups is 1. The van der Waals surface area contributed by atoms with Crippen molar-refractivity contribution in [3.05, 3.63) is 0 Å². The van der Waals surface area contributed by atoms with Gasteiger partial charge in [0.05, 0.1) is 17.1 Å². The van der Waals surface area contributed by atoms with Crippen LogP contribution in [0.3, 0.4) is 0 Å². The summed E-state index contributed by atoms with van der Waals surface area (Å²) in [5.41, 5.74) is 0. The molecule has 0 aliphatic carbocycles. The van der Waals surface area contributed by atoms with Crippen molar-refractivity contribution >= 4 is 9.84 Å². The van der Waals surface area contributed by atoms with Crippen molar-refractivity contribution in [2.75, 3.05) is 19.0 Å². The Morgan fingerprint density at radius 3 is 2.50 bits per heavy atom. The summed E-state index contributed by atoms with van der Waals surface area (Å²) in [6, 6.07) is 0. The highest BCUT2D eigenvalue weighted by Crippen LogP contribution is 2.22. The van der Waals surface area contributed by atoms with Gasteiger partial charge in [-0.15, -0.1) is 0 Å². The zero-order chi connectivity index (χ0) is 12.0. The Labute approximate surface area is 97.9 Å². The van der Waals surface area contributed by atoms with Crippen molar-refractivity contribution in [1.82, 2.24) is 0 Å². The van der Waals surface area contributed by atoms with E-state index in [2.05, 4.69) is 0 Å². The van der Waals surface area contributed by atoms with Gasteiger partial charge in [-0.1, -0.05) is 12.8 Å². The third kappa shape index (κ3) is 4.03. The van der Waals surface area contributed by atoms with Crippen LogP contribution in [0.1, 0.15) is 39.0 Å². The standard InChI is InChI=1S/C11H22O4S/c1-10-11(6-8-15-10)16(13,14)9-5-3-2-4-7-12/h10-12H,2-9H2,1H3. The van der Waals surface area contributed by atoms with Crippen molar-refractivity contribution in [3.8, 4) is 0 Å². The second kappa shape index (κ2) is 6.57. The van der Waals surface area contributed by atoms with E-state index >= 15 is 0 Å². The molecule has 0 spiro atoms. The summed E-state index contributed by atoms with van der Waals surface area (Å²) >= 11 is 0. The van der Waals surface area contributed by atoms with Crippen LogP contribution in [0.15, 0.2) is 0 Å². The van der Waals surface area contributed by atoms with E-state index in [9.17, 15) is 8.42 Å². The predicted molar refractivity (Wildman–Crippen MR) is 63.2 cm³/mol. The maximum atomic E-state index is 11.9. The number of aliphatic hydroxyl groups excluding tert-OH is 1. The molecule has 0 amide bonds. The maximum Gasteiger partial charge on any atom is 0.155 e. The zero-order valence-corrected chi connectivity index (χ0v) is 10.7. The van der Waals surface area contributed by atoms with Gasteiger partial charge in [-0.3, -0.25) is 0 Å².